The first-order valence-corrected chi connectivity index (χ1v) is 18.1. The first-order chi connectivity index (χ1) is 20.9. The van der Waals surface area contributed by atoms with Gasteiger partial charge in [0.2, 0.25) is 0 Å². The maximum absolute atomic E-state index is 13.0. The number of thioether (sulfide) groups is 1. The molecule has 0 aromatic heterocycles. The largest absolute Gasteiger partial charge is 0.508 e. The molecule has 4 aliphatic rings. The number of aliphatic hydroxyl groups excluding tert-OH is 1. The number of halogens is 5. The van der Waals surface area contributed by atoms with Crippen LogP contribution in [-0.4, -0.2) is 47.0 Å². The fraction of sp³-hybridized carbons (Fsp3) is 0.829. The molecular weight excluding hydrogens is 595 g/mol. The number of methoxy groups -OCH3 is 1. The fourth-order valence-electron chi connectivity index (χ4n) is 9.75. The number of aromatic hydroxyl groups is 1. The van der Waals surface area contributed by atoms with Gasteiger partial charge in [0, 0.05) is 18.9 Å². The van der Waals surface area contributed by atoms with Crippen molar-refractivity contribution in [1.82, 2.24) is 0 Å². The zero-order valence-corrected chi connectivity index (χ0v) is 27.1. The van der Waals surface area contributed by atoms with E-state index in [0.717, 1.165) is 94.8 Å². The average Bonchev–Trinajstić information content (AvgIpc) is 3.75. The van der Waals surface area contributed by atoms with E-state index < -0.39 is 18.5 Å². The number of rotatable bonds is 15. The average molecular weight is 647 g/mol. The molecule has 4 aliphatic carbocycles. The van der Waals surface area contributed by atoms with E-state index >= 15 is 0 Å². The molecule has 0 saturated heterocycles. The highest BCUT2D eigenvalue weighted by Gasteiger charge is 2.71. The Labute approximate surface area is 264 Å². The van der Waals surface area contributed by atoms with Crippen LogP contribution in [0.3, 0.4) is 0 Å². The highest BCUT2D eigenvalue weighted by atomic mass is 32.2. The van der Waals surface area contributed by atoms with Crippen molar-refractivity contribution in [1.29, 1.82) is 0 Å². The molecular formula is C35H51F5O3S. The molecule has 44 heavy (non-hydrogen) atoms. The summed E-state index contributed by atoms with van der Waals surface area (Å²) in [5.74, 6) is -1.39. The molecule has 0 radical (unpaired) electrons. The highest BCUT2D eigenvalue weighted by molar-refractivity contribution is 7.99. The number of phenolic OH excluding ortho intramolecular Hbond substituents is 1. The fourth-order valence-corrected chi connectivity index (χ4v) is 10.7. The van der Waals surface area contributed by atoms with Gasteiger partial charge in [-0.05, 0) is 115 Å². The summed E-state index contributed by atoms with van der Waals surface area (Å²) in [5.41, 5.74) is 2.78. The van der Waals surface area contributed by atoms with Crippen LogP contribution in [-0.2, 0) is 4.74 Å². The van der Waals surface area contributed by atoms with E-state index in [1.165, 1.54) is 17.3 Å². The standard InChI is InChI=1S/C35H51F5O3S/c1-32-16-14-25-24-13-12-23(41)21-27(24)31(43-2)26(30(25)28(32)22-29(42)33(32)17-18-33)11-8-6-4-3-5-7-9-19-44-20-10-15-34(36,37)35(38,39)40/h12-13,21,25-26,28-31,41-42H,3-11,14-20,22H2,1-2H3/t25?,26-,28?,29+,30?,31?,32-/m0/s1. The number of hydrogen-bond acceptors (Lipinski definition) is 4. The minimum Gasteiger partial charge on any atom is -0.508 e. The van der Waals surface area contributed by atoms with Crippen molar-refractivity contribution in [2.75, 3.05) is 18.6 Å². The van der Waals surface area contributed by atoms with E-state index in [2.05, 4.69) is 13.0 Å². The molecule has 4 unspecified atom stereocenters. The van der Waals surface area contributed by atoms with Crippen LogP contribution in [0.15, 0.2) is 18.2 Å². The molecule has 1 spiro atoms. The maximum atomic E-state index is 13.0. The third-order valence-electron chi connectivity index (χ3n) is 12.2. The van der Waals surface area contributed by atoms with Gasteiger partial charge in [-0.2, -0.15) is 33.7 Å². The SMILES string of the molecule is COC1c2cc(O)ccc2C2CC[C@@]3(C)C(C[C@@H](O)C34CC4)C2[C@@H]1CCCCCCCCCSCCCC(F)(F)C(F)(F)F. The lowest BCUT2D eigenvalue weighted by Gasteiger charge is -2.55. The number of phenols is 1. The molecule has 3 nitrogen and oxygen atoms in total. The molecule has 2 N–H and O–H groups in total. The van der Waals surface area contributed by atoms with E-state index in [1.807, 2.05) is 12.1 Å². The monoisotopic (exact) mass is 646 g/mol. The van der Waals surface area contributed by atoms with Crippen molar-refractivity contribution in [2.24, 2.45) is 28.6 Å². The Bertz CT molecular complexity index is 1110. The zero-order chi connectivity index (χ0) is 31.8. The van der Waals surface area contributed by atoms with Crippen molar-refractivity contribution in [3.05, 3.63) is 29.3 Å². The molecule has 7 atom stereocenters. The van der Waals surface area contributed by atoms with Crippen molar-refractivity contribution in [3.8, 4) is 5.75 Å². The number of unbranched alkanes of at least 4 members (excludes halogenated alkanes) is 6. The van der Waals surface area contributed by atoms with Crippen LogP contribution in [0.2, 0.25) is 0 Å². The van der Waals surface area contributed by atoms with Gasteiger partial charge in [-0.1, -0.05) is 51.5 Å². The van der Waals surface area contributed by atoms with E-state index in [-0.39, 0.29) is 29.5 Å². The number of alkyl halides is 5. The van der Waals surface area contributed by atoms with Gasteiger partial charge >= 0.3 is 12.1 Å². The predicted octanol–water partition coefficient (Wildman–Crippen LogP) is 10.2. The zero-order valence-electron chi connectivity index (χ0n) is 26.3. The van der Waals surface area contributed by atoms with Gasteiger partial charge in [0.25, 0.3) is 0 Å². The lowest BCUT2D eigenvalue weighted by atomic mass is 9.50. The van der Waals surface area contributed by atoms with Gasteiger partial charge < -0.3 is 14.9 Å². The number of ether oxygens (including phenoxy) is 1. The Morgan fingerprint density at radius 3 is 2.23 bits per heavy atom. The Balaban J connectivity index is 1.08. The summed E-state index contributed by atoms with van der Waals surface area (Å²) in [6.07, 6.45) is 7.30. The van der Waals surface area contributed by atoms with Crippen LogP contribution in [0.5, 0.6) is 5.75 Å². The van der Waals surface area contributed by atoms with Crippen molar-refractivity contribution in [2.45, 2.75) is 133 Å². The number of benzene rings is 1. The smallest absolute Gasteiger partial charge is 0.453 e. The van der Waals surface area contributed by atoms with E-state index in [9.17, 15) is 32.2 Å². The molecule has 0 amide bonds. The summed E-state index contributed by atoms with van der Waals surface area (Å²) >= 11 is 1.47. The third kappa shape index (κ3) is 6.54. The van der Waals surface area contributed by atoms with Gasteiger partial charge in [0.15, 0.2) is 0 Å². The molecule has 1 aromatic carbocycles. The molecule has 0 aliphatic heterocycles. The van der Waals surface area contributed by atoms with Gasteiger partial charge in [-0.15, -0.1) is 0 Å². The van der Waals surface area contributed by atoms with Gasteiger partial charge in [0.05, 0.1) is 12.2 Å². The lowest BCUT2D eigenvalue weighted by Crippen LogP contribution is -2.48. The first-order valence-electron chi connectivity index (χ1n) is 16.9. The van der Waals surface area contributed by atoms with Crippen LogP contribution < -0.4 is 0 Å². The lowest BCUT2D eigenvalue weighted by molar-refractivity contribution is -0.284. The first kappa shape index (κ1) is 34.3. The van der Waals surface area contributed by atoms with Crippen LogP contribution in [0.4, 0.5) is 22.0 Å². The van der Waals surface area contributed by atoms with Crippen LogP contribution in [0.25, 0.3) is 0 Å². The van der Waals surface area contributed by atoms with Gasteiger partial charge in [0.1, 0.15) is 5.75 Å². The summed E-state index contributed by atoms with van der Waals surface area (Å²) in [6.45, 7) is 2.47. The van der Waals surface area contributed by atoms with Crippen molar-refractivity contribution < 1.29 is 36.9 Å². The number of hydrogen-bond donors (Lipinski definition) is 2. The molecule has 0 heterocycles. The third-order valence-corrected chi connectivity index (χ3v) is 13.4. The summed E-state index contributed by atoms with van der Waals surface area (Å²) in [5, 5.41) is 21.6. The number of aliphatic hydroxyl groups is 1. The second-order valence-electron chi connectivity index (χ2n) is 14.5. The quantitative estimate of drug-likeness (QED) is 0.147. The Hall–Kier alpha value is -1.06. The van der Waals surface area contributed by atoms with Crippen molar-refractivity contribution in [3.63, 3.8) is 0 Å². The summed E-state index contributed by atoms with van der Waals surface area (Å²) in [4.78, 5) is 0. The molecule has 3 saturated carbocycles. The van der Waals surface area contributed by atoms with E-state index in [0.29, 0.717) is 35.2 Å². The van der Waals surface area contributed by atoms with E-state index in [1.54, 1.807) is 7.11 Å². The molecule has 250 valence electrons. The molecule has 0 bridgehead atoms. The minimum atomic E-state index is -5.45. The topological polar surface area (TPSA) is 49.7 Å². The molecule has 1 aromatic rings. The highest BCUT2D eigenvalue weighted by Crippen LogP contribution is 2.77. The Morgan fingerprint density at radius 2 is 1.57 bits per heavy atom. The number of fused-ring (bicyclic) bond motifs is 6. The Kier molecular flexibility index (Phi) is 10.6. The summed E-state index contributed by atoms with van der Waals surface area (Å²) in [7, 11) is 1.80. The summed E-state index contributed by atoms with van der Waals surface area (Å²) in [6, 6.07) is 5.86. The second kappa shape index (κ2) is 13.6. The van der Waals surface area contributed by atoms with Crippen molar-refractivity contribution >= 4 is 11.8 Å². The second-order valence-corrected chi connectivity index (χ2v) is 15.7. The van der Waals surface area contributed by atoms with Gasteiger partial charge in [-0.25, -0.2) is 0 Å². The molecule has 9 heteroatoms. The van der Waals surface area contributed by atoms with E-state index in [4.69, 9.17) is 4.74 Å². The van der Waals surface area contributed by atoms with Gasteiger partial charge in [-0.3, -0.25) is 0 Å². The predicted molar refractivity (Wildman–Crippen MR) is 165 cm³/mol. The normalized spacial score (nSPS) is 32.4. The minimum absolute atomic E-state index is 0.0502. The maximum Gasteiger partial charge on any atom is 0.453 e. The molecule has 5 rings (SSSR count). The van der Waals surface area contributed by atoms with Crippen LogP contribution in [0, 0.1) is 28.6 Å². The summed E-state index contributed by atoms with van der Waals surface area (Å²) < 4.78 is 68.9. The van der Waals surface area contributed by atoms with Crippen LogP contribution in [0.1, 0.15) is 126 Å². The Morgan fingerprint density at radius 1 is 0.909 bits per heavy atom. The van der Waals surface area contributed by atoms with Crippen LogP contribution >= 0.6 is 11.8 Å². The molecule has 3 fully saturated rings.